The van der Waals surface area contributed by atoms with E-state index in [1.165, 1.54) is 4.90 Å². The van der Waals surface area contributed by atoms with Crippen LogP contribution in [0.3, 0.4) is 0 Å². The molecule has 0 saturated carbocycles. The minimum atomic E-state index is -0.919. The van der Waals surface area contributed by atoms with Gasteiger partial charge in [0.05, 0.1) is 5.69 Å². The molecule has 4 nitrogen and oxygen atoms in total. The van der Waals surface area contributed by atoms with E-state index >= 15 is 0 Å². The molecule has 0 unspecified atom stereocenters. The Balaban J connectivity index is 2.05. The Morgan fingerprint density at radius 3 is 1.65 bits per heavy atom. The van der Waals surface area contributed by atoms with Crippen molar-refractivity contribution < 1.29 is 9.59 Å². The molecule has 1 saturated heterocycles. The van der Waals surface area contributed by atoms with Crippen LogP contribution in [0.1, 0.15) is 25.0 Å². The lowest BCUT2D eigenvalue weighted by atomic mass is 10.0. The van der Waals surface area contributed by atoms with Crippen LogP contribution in [0.15, 0.2) is 48.5 Å². The van der Waals surface area contributed by atoms with E-state index in [0.717, 1.165) is 16.8 Å². The summed E-state index contributed by atoms with van der Waals surface area (Å²) in [5.74, 6) is -0.216. The van der Waals surface area contributed by atoms with Gasteiger partial charge in [0, 0.05) is 5.69 Å². The SMILES string of the molecule is Cc1ccc(N2C(=O)N(c3ccc(C)cc3)C(C)(C)C2=O)cc1. The molecular weight excluding hydrogens is 288 g/mol. The molecule has 1 aliphatic rings. The van der Waals surface area contributed by atoms with Crippen molar-refractivity contribution in [1.82, 2.24) is 0 Å². The highest BCUT2D eigenvalue weighted by Gasteiger charge is 2.52. The Bertz CT molecular complexity index is 761. The summed E-state index contributed by atoms with van der Waals surface area (Å²) < 4.78 is 0. The second-order valence-corrected chi connectivity index (χ2v) is 6.49. The van der Waals surface area contributed by atoms with Crippen LogP contribution in [0, 0.1) is 13.8 Å². The molecule has 2 aromatic carbocycles. The summed E-state index contributed by atoms with van der Waals surface area (Å²) in [6.45, 7) is 7.52. The van der Waals surface area contributed by atoms with Crippen molar-refractivity contribution in [2.45, 2.75) is 33.2 Å². The van der Waals surface area contributed by atoms with E-state index < -0.39 is 5.54 Å². The summed E-state index contributed by atoms with van der Waals surface area (Å²) in [4.78, 5) is 28.6. The number of imide groups is 1. The van der Waals surface area contributed by atoms with Crippen LogP contribution in [0.2, 0.25) is 0 Å². The number of urea groups is 1. The number of hydrogen-bond donors (Lipinski definition) is 0. The van der Waals surface area contributed by atoms with Gasteiger partial charge in [-0.2, -0.15) is 0 Å². The zero-order chi connectivity index (χ0) is 16.8. The molecule has 0 atom stereocenters. The average Bonchev–Trinajstić information content (AvgIpc) is 2.68. The number of nitrogens with zero attached hydrogens (tertiary/aromatic N) is 2. The van der Waals surface area contributed by atoms with Crippen LogP contribution in [0.25, 0.3) is 0 Å². The van der Waals surface area contributed by atoms with Gasteiger partial charge in [-0.15, -0.1) is 0 Å². The van der Waals surface area contributed by atoms with Gasteiger partial charge in [0.25, 0.3) is 5.91 Å². The van der Waals surface area contributed by atoms with Crippen LogP contribution in [0.4, 0.5) is 16.2 Å². The first kappa shape index (κ1) is 15.3. The van der Waals surface area contributed by atoms with Crippen LogP contribution >= 0.6 is 0 Å². The third-order valence-corrected chi connectivity index (χ3v) is 4.25. The maximum absolute atomic E-state index is 12.9. The summed E-state index contributed by atoms with van der Waals surface area (Å²) in [5, 5.41) is 0. The van der Waals surface area contributed by atoms with Crippen molar-refractivity contribution in [3.8, 4) is 0 Å². The lowest BCUT2D eigenvalue weighted by molar-refractivity contribution is -0.120. The van der Waals surface area contributed by atoms with E-state index in [-0.39, 0.29) is 11.9 Å². The molecular formula is C19H20N2O2. The van der Waals surface area contributed by atoms with Gasteiger partial charge in [0.2, 0.25) is 0 Å². The van der Waals surface area contributed by atoms with Crippen molar-refractivity contribution in [2.24, 2.45) is 0 Å². The summed E-state index contributed by atoms with van der Waals surface area (Å²) in [7, 11) is 0. The van der Waals surface area contributed by atoms with Gasteiger partial charge in [-0.25, -0.2) is 9.69 Å². The molecule has 23 heavy (non-hydrogen) atoms. The maximum Gasteiger partial charge on any atom is 0.336 e. The highest BCUT2D eigenvalue weighted by atomic mass is 16.2. The molecule has 1 heterocycles. The highest BCUT2D eigenvalue weighted by Crippen LogP contribution is 2.36. The van der Waals surface area contributed by atoms with Crippen molar-refractivity contribution in [1.29, 1.82) is 0 Å². The molecule has 1 aliphatic heterocycles. The first-order valence-corrected chi connectivity index (χ1v) is 7.64. The second kappa shape index (κ2) is 5.23. The molecule has 0 spiro atoms. The fraction of sp³-hybridized carbons (Fsp3) is 0.263. The Hall–Kier alpha value is -2.62. The van der Waals surface area contributed by atoms with E-state index in [0.29, 0.717) is 5.69 Å². The van der Waals surface area contributed by atoms with Crippen LogP contribution in [-0.2, 0) is 4.79 Å². The van der Waals surface area contributed by atoms with E-state index in [2.05, 4.69) is 0 Å². The second-order valence-electron chi connectivity index (χ2n) is 6.49. The van der Waals surface area contributed by atoms with E-state index in [1.54, 1.807) is 30.9 Å². The predicted octanol–water partition coefficient (Wildman–Crippen LogP) is 4.06. The standard InChI is InChI=1S/C19H20N2O2/c1-13-5-9-15(10-6-13)20-17(22)19(3,4)21(18(20)23)16-11-7-14(2)8-12-16/h5-12H,1-4H3. The van der Waals surface area contributed by atoms with Crippen LogP contribution in [0.5, 0.6) is 0 Å². The predicted molar refractivity (Wildman–Crippen MR) is 91.8 cm³/mol. The largest absolute Gasteiger partial charge is 0.336 e. The normalized spacial score (nSPS) is 17.0. The van der Waals surface area contributed by atoms with Gasteiger partial charge in [0.1, 0.15) is 5.54 Å². The Labute approximate surface area is 136 Å². The molecule has 0 bridgehead atoms. The molecule has 3 amide bonds. The number of rotatable bonds is 2. The number of anilines is 2. The minimum absolute atomic E-state index is 0.216. The molecule has 3 rings (SSSR count). The number of amides is 3. The summed E-state index contributed by atoms with van der Waals surface area (Å²) in [6.07, 6.45) is 0. The van der Waals surface area contributed by atoms with Crippen molar-refractivity contribution >= 4 is 23.3 Å². The number of benzene rings is 2. The number of carbonyl (C=O) groups is 2. The molecule has 1 fully saturated rings. The van der Waals surface area contributed by atoms with Gasteiger partial charge in [-0.05, 0) is 52.0 Å². The average molecular weight is 308 g/mol. The first-order chi connectivity index (χ1) is 10.8. The van der Waals surface area contributed by atoms with Gasteiger partial charge >= 0.3 is 6.03 Å². The number of carbonyl (C=O) groups excluding carboxylic acids is 2. The Morgan fingerprint density at radius 1 is 0.739 bits per heavy atom. The summed E-state index contributed by atoms with van der Waals surface area (Å²) >= 11 is 0. The fourth-order valence-electron chi connectivity index (χ4n) is 2.84. The van der Waals surface area contributed by atoms with Gasteiger partial charge < -0.3 is 0 Å². The quantitative estimate of drug-likeness (QED) is 0.785. The fourth-order valence-corrected chi connectivity index (χ4v) is 2.84. The van der Waals surface area contributed by atoms with Gasteiger partial charge in [-0.1, -0.05) is 35.4 Å². The highest BCUT2D eigenvalue weighted by molar-refractivity contribution is 6.30. The molecule has 0 aromatic heterocycles. The summed E-state index contributed by atoms with van der Waals surface area (Å²) in [6, 6.07) is 14.7. The van der Waals surface area contributed by atoms with E-state index in [1.807, 2.05) is 50.2 Å². The van der Waals surface area contributed by atoms with Crippen molar-refractivity contribution in [2.75, 3.05) is 9.80 Å². The Kier molecular flexibility index (Phi) is 3.48. The Morgan fingerprint density at radius 2 is 1.17 bits per heavy atom. The number of aryl methyl sites for hydroxylation is 2. The topological polar surface area (TPSA) is 40.6 Å². The first-order valence-electron chi connectivity index (χ1n) is 7.64. The summed E-state index contributed by atoms with van der Waals surface area (Å²) in [5.41, 5.74) is 2.61. The van der Waals surface area contributed by atoms with Crippen LogP contribution in [-0.4, -0.2) is 17.5 Å². The lowest BCUT2D eigenvalue weighted by Crippen LogP contribution is -2.44. The van der Waals surface area contributed by atoms with E-state index in [9.17, 15) is 9.59 Å². The van der Waals surface area contributed by atoms with Gasteiger partial charge in [0.15, 0.2) is 0 Å². The minimum Gasteiger partial charge on any atom is -0.279 e. The third kappa shape index (κ3) is 2.40. The van der Waals surface area contributed by atoms with Crippen LogP contribution < -0.4 is 9.80 Å². The molecule has 4 heteroatoms. The molecule has 0 aliphatic carbocycles. The lowest BCUT2D eigenvalue weighted by Gasteiger charge is -2.27. The molecule has 0 N–H and O–H groups in total. The van der Waals surface area contributed by atoms with Gasteiger partial charge in [-0.3, -0.25) is 9.69 Å². The molecule has 118 valence electrons. The zero-order valence-corrected chi connectivity index (χ0v) is 13.8. The van der Waals surface area contributed by atoms with Crippen molar-refractivity contribution in [3.63, 3.8) is 0 Å². The van der Waals surface area contributed by atoms with E-state index in [4.69, 9.17) is 0 Å². The molecule has 2 aromatic rings. The van der Waals surface area contributed by atoms with Crippen molar-refractivity contribution in [3.05, 3.63) is 59.7 Å². The number of hydrogen-bond acceptors (Lipinski definition) is 2. The third-order valence-electron chi connectivity index (χ3n) is 4.25. The molecule has 0 radical (unpaired) electrons. The smallest absolute Gasteiger partial charge is 0.279 e. The maximum atomic E-state index is 12.9. The monoisotopic (exact) mass is 308 g/mol. The zero-order valence-electron chi connectivity index (χ0n) is 13.8.